The van der Waals surface area contributed by atoms with Crippen LogP contribution in [-0.4, -0.2) is 54.7 Å². The first-order valence-corrected chi connectivity index (χ1v) is 12.0. The molecule has 2 aromatic carbocycles. The van der Waals surface area contributed by atoms with Gasteiger partial charge < -0.3 is 9.47 Å². The summed E-state index contributed by atoms with van der Waals surface area (Å²) in [5.41, 5.74) is 0.744. The molecular formula is C21H16N4O6S2. The fraction of sp³-hybridized carbons (Fsp3) is 0.0952. The fourth-order valence-electron chi connectivity index (χ4n) is 2.95. The molecule has 12 heteroatoms. The number of amides is 1. The fourth-order valence-corrected chi connectivity index (χ4v) is 4.80. The van der Waals surface area contributed by atoms with Crippen molar-refractivity contribution in [2.45, 2.75) is 0 Å². The van der Waals surface area contributed by atoms with Crippen molar-refractivity contribution in [3.8, 4) is 11.5 Å². The van der Waals surface area contributed by atoms with Crippen molar-refractivity contribution < 1.29 is 27.5 Å². The number of ether oxygens (including phenoxy) is 2. The van der Waals surface area contributed by atoms with E-state index in [1.54, 1.807) is 36.4 Å². The number of fused-ring (bicyclic) bond motifs is 1. The predicted octanol–water partition coefficient (Wildman–Crippen LogP) is 2.54. The third-order valence-electron chi connectivity index (χ3n) is 4.53. The van der Waals surface area contributed by atoms with Crippen LogP contribution < -0.4 is 9.47 Å². The zero-order valence-corrected chi connectivity index (χ0v) is 18.9. The number of hydrogen-bond donors (Lipinski definition) is 1. The van der Waals surface area contributed by atoms with Crippen LogP contribution in [0.25, 0.3) is 6.08 Å². The Balaban J connectivity index is 1.54. The molecule has 4 rings (SSSR count). The van der Waals surface area contributed by atoms with Gasteiger partial charge in [-0.05, 0) is 42.0 Å². The second-order valence-electron chi connectivity index (χ2n) is 6.87. The number of aliphatic imine (C=N–C) groups is 1. The molecule has 1 amide bonds. The minimum Gasteiger partial charge on any atom is -0.497 e. The zero-order valence-electron chi connectivity index (χ0n) is 17.3. The number of benzene rings is 2. The van der Waals surface area contributed by atoms with Crippen LogP contribution >= 0.6 is 11.9 Å². The van der Waals surface area contributed by atoms with Crippen LogP contribution in [0.1, 0.15) is 15.9 Å². The van der Waals surface area contributed by atoms with Crippen molar-refractivity contribution in [3.63, 3.8) is 0 Å². The third kappa shape index (κ3) is 4.56. The maximum atomic E-state index is 12.4. The Morgan fingerprint density at radius 1 is 1.15 bits per heavy atom. The molecule has 2 aliphatic rings. The SMILES string of the molecule is COc1cccc(C(=O)Oc2ccc(/C=C3/C(=N)N4C(=NC3=O)SN=C4S(C)(=O)=O)cc2)c1. The van der Waals surface area contributed by atoms with E-state index in [9.17, 15) is 18.0 Å². The Labute approximate surface area is 193 Å². The molecule has 0 aliphatic carbocycles. The van der Waals surface area contributed by atoms with Gasteiger partial charge in [-0.3, -0.25) is 10.2 Å². The first kappa shape index (κ1) is 22.4. The summed E-state index contributed by atoms with van der Waals surface area (Å²) in [5, 5.41) is 8.01. The second-order valence-corrected chi connectivity index (χ2v) is 9.51. The Morgan fingerprint density at radius 3 is 2.55 bits per heavy atom. The maximum absolute atomic E-state index is 12.4. The van der Waals surface area contributed by atoms with Gasteiger partial charge in [-0.1, -0.05) is 18.2 Å². The van der Waals surface area contributed by atoms with Gasteiger partial charge in [-0.25, -0.2) is 18.1 Å². The van der Waals surface area contributed by atoms with Gasteiger partial charge in [-0.2, -0.15) is 9.39 Å². The summed E-state index contributed by atoms with van der Waals surface area (Å²) in [6.45, 7) is 0. The highest BCUT2D eigenvalue weighted by Gasteiger charge is 2.41. The number of rotatable bonds is 4. The minimum atomic E-state index is -3.73. The first-order valence-electron chi connectivity index (χ1n) is 9.32. The molecular weight excluding hydrogens is 468 g/mol. The van der Waals surface area contributed by atoms with E-state index in [2.05, 4.69) is 9.39 Å². The maximum Gasteiger partial charge on any atom is 0.343 e. The summed E-state index contributed by atoms with van der Waals surface area (Å²) in [5.74, 6) is -0.787. The van der Waals surface area contributed by atoms with Gasteiger partial charge in [0.15, 0.2) is 0 Å². The number of nitrogens with one attached hydrogen (secondary N) is 1. The summed E-state index contributed by atoms with van der Waals surface area (Å²) in [6.07, 6.45) is 2.37. The van der Waals surface area contributed by atoms with Gasteiger partial charge in [0.25, 0.3) is 5.91 Å². The van der Waals surface area contributed by atoms with Gasteiger partial charge in [0.1, 0.15) is 17.3 Å². The normalized spacial score (nSPS) is 16.9. The van der Waals surface area contributed by atoms with E-state index in [-0.39, 0.29) is 27.5 Å². The van der Waals surface area contributed by atoms with E-state index in [1.807, 2.05) is 0 Å². The summed E-state index contributed by atoms with van der Waals surface area (Å²) in [6, 6.07) is 12.8. The lowest BCUT2D eigenvalue weighted by atomic mass is 10.1. The molecule has 0 bridgehead atoms. The van der Waals surface area contributed by atoms with Crippen molar-refractivity contribution >= 4 is 55.9 Å². The standard InChI is InChI=1S/C21H16N4O6S2/c1-30-15-5-3-4-13(11-15)19(27)31-14-8-6-12(7-9-14)10-16-17(22)25-20(23-18(16)26)32-24-21(25)33(2,28)29/h3-11,22H,1-2H3/b16-10-,22-17?. The zero-order chi connectivity index (χ0) is 23.8. The van der Waals surface area contributed by atoms with Crippen LogP contribution in [-0.2, 0) is 14.6 Å². The first-order chi connectivity index (χ1) is 15.7. The number of methoxy groups -OCH3 is 1. The van der Waals surface area contributed by atoms with E-state index >= 15 is 0 Å². The molecule has 2 heterocycles. The van der Waals surface area contributed by atoms with E-state index in [4.69, 9.17) is 14.9 Å². The van der Waals surface area contributed by atoms with Crippen molar-refractivity contribution in [1.82, 2.24) is 4.90 Å². The molecule has 0 radical (unpaired) electrons. The van der Waals surface area contributed by atoms with Crippen LogP contribution in [0.2, 0.25) is 0 Å². The number of carbonyl (C=O) groups excluding carboxylic acids is 2. The van der Waals surface area contributed by atoms with Gasteiger partial charge in [-0.15, -0.1) is 0 Å². The summed E-state index contributed by atoms with van der Waals surface area (Å²) in [7, 11) is -2.23. The number of nitrogens with zero attached hydrogens (tertiary/aromatic N) is 3. The van der Waals surface area contributed by atoms with Crippen LogP contribution in [0.4, 0.5) is 0 Å². The summed E-state index contributed by atoms with van der Waals surface area (Å²) < 4.78 is 38.2. The molecule has 168 valence electrons. The van der Waals surface area contributed by atoms with Gasteiger partial charge in [0.2, 0.25) is 20.2 Å². The number of esters is 1. The lowest BCUT2D eigenvalue weighted by Crippen LogP contribution is -2.45. The average molecular weight is 485 g/mol. The monoisotopic (exact) mass is 484 g/mol. The van der Waals surface area contributed by atoms with Gasteiger partial charge in [0, 0.05) is 6.26 Å². The van der Waals surface area contributed by atoms with Crippen molar-refractivity contribution in [2.75, 3.05) is 13.4 Å². The van der Waals surface area contributed by atoms with Crippen LogP contribution in [0.5, 0.6) is 11.5 Å². The number of hydrogen-bond acceptors (Lipinski definition) is 9. The molecule has 0 aromatic heterocycles. The molecule has 0 atom stereocenters. The second kappa shape index (κ2) is 8.64. The third-order valence-corrected chi connectivity index (χ3v) is 6.29. The highest BCUT2D eigenvalue weighted by Crippen LogP contribution is 2.30. The molecule has 1 N–H and O–H groups in total. The molecule has 0 unspecified atom stereocenters. The van der Waals surface area contributed by atoms with Crippen LogP contribution in [0.3, 0.4) is 0 Å². The van der Waals surface area contributed by atoms with Crippen LogP contribution in [0.15, 0.2) is 63.5 Å². The van der Waals surface area contributed by atoms with Crippen molar-refractivity contribution in [3.05, 3.63) is 65.2 Å². The van der Waals surface area contributed by atoms with Crippen molar-refractivity contribution in [1.29, 1.82) is 5.41 Å². The molecule has 0 saturated heterocycles. The molecule has 2 aromatic rings. The molecule has 0 fully saturated rings. The quantitative estimate of drug-likeness (QED) is 0.302. The highest BCUT2D eigenvalue weighted by atomic mass is 32.2. The number of sulfone groups is 1. The molecule has 10 nitrogen and oxygen atoms in total. The summed E-state index contributed by atoms with van der Waals surface area (Å²) >= 11 is 0.725. The molecule has 0 saturated carbocycles. The topological polar surface area (TPSA) is 139 Å². The Hall–Kier alpha value is -3.77. The van der Waals surface area contributed by atoms with Gasteiger partial charge >= 0.3 is 5.97 Å². The Morgan fingerprint density at radius 2 is 1.88 bits per heavy atom. The molecule has 33 heavy (non-hydrogen) atoms. The number of carbonyl (C=O) groups is 2. The van der Waals surface area contributed by atoms with Gasteiger partial charge in [0.05, 0.1) is 30.2 Å². The van der Waals surface area contributed by atoms with E-state index in [1.165, 1.54) is 25.3 Å². The lowest BCUT2D eigenvalue weighted by molar-refractivity contribution is -0.114. The number of amidine groups is 3. The minimum absolute atomic E-state index is 0.0161. The molecule has 0 spiro atoms. The molecule has 2 aliphatic heterocycles. The highest BCUT2D eigenvalue weighted by molar-refractivity contribution is 8.16. The lowest BCUT2D eigenvalue weighted by Gasteiger charge is -2.23. The van der Waals surface area contributed by atoms with E-state index in [0.717, 1.165) is 23.1 Å². The van der Waals surface area contributed by atoms with E-state index in [0.29, 0.717) is 16.9 Å². The van der Waals surface area contributed by atoms with Crippen LogP contribution in [0, 0.1) is 5.41 Å². The average Bonchev–Trinajstić information content (AvgIpc) is 3.22. The predicted molar refractivity (Wildman–Crippen MR) is 124 cm³/mol. The smallest absolute Gasteiger partial charge is 0.343 e. The largest absolute Gasteiger partial charge is 0.497 e. The van der Waals surface area contributed by atoms with Crippen molar-refractivity contribution in [2.24, 2.45) is 9.39 Å². The summed E-state index contributed by atoms with van der Waals surface area (Å²) in [4.78, 5) is 29.6. The Bertz CT molecular complexity index is 1380. The Kier molecular flexibility index (Phi) is 5.87. The van der Waals surface area contributed by atoms with E-state index < -0.39 is 21.7 Å².